The molecule has 5 rings (SSSR count). The van der Waals surface area contributed by atoms with E-state index < -0.39 is 0 Å². The smallest absolute Gasteiger partial charge is 0.227 e. The quantitative estimate of drug-likeness (QED) is 0.551. The topological polar surface area (TPSA) is 50.5 Å². The van der Waals surface area contributed by atoms with Gasteiger partial charge < -0.3 is 4.90 Å². The Balaban J connectivity index is 1.37. The second-order valence-corrected chi connectivity index (χ2v) is 7.48. The van der Waals surface area contributed by atoms with Gasteiger partial charge in [0, 0.05) is 25.2 Å². The summed E-state index contributed by atoms with van der Waals surface area (Å²) in [7, 11) is 0. The number of carbonyl (C=O) groups is 1. The van der Waals surface area contributed by atoms with Crippen LogP contribution in [0.25, 0.3) is 16.4 Å². The average molecular weight is 370 g/mol. The Morgan fingerprint density at radius 2 is 1.86 bits per heavy atom. The summed E-state index contributed by atoms with van der Waals surface area (Å²) in [6.07, 6.45) is 4.47. The van der Waals surface area contributed by atoms with E-state index in [4.69, 9.17) is 0 Å². The number of hydrogen-bond acceptors (Lipinski definition) is 3. The molecule has 3 heterocycles. The highest BCUT2D eigenvalue weighted by atomic mass is 16.2. The van der Waals surface area contributed by atoms with Gasteiger partial charge in [0.2, 0.25) is 5.91 Å². The summed E-state index contributed by atoms with van der Waals surface area (Å²) in [5, 5.41) is 11.0. The van der Waals surface area contributed by atoms with E-state index in [1.54, 1.807) is 0 Å². The molecule has 0 N–H and O–H groups in total. The van der Waals surface area contributed by atoms with E-state index in [9.17, 15) is 4.79 Å². The Hall–Kier alpha value is -3.21. The van der Waals surface area contributed by atoms with Gasteiger partial charge in [-0.1, -0.05) is 48.5 Å². The lowest BCUT2D eigenvalue weighted by atomic mass is 9.96. The molecule has 5 heteroatoms. The number of piperidine rings is 1. The molecular formula is C23H22N4O. The molecule has 1 amide bonds. The lowest BCUT2D eigenvalue weighted by Gasteiger charge is -2.32. The molecule has 0 radical (unpaired) electrons. The standard InChI is InChI=1S/C23H22N4O/c28-22(15-18-9-5-8-17-7-1-2-11-20(17)18)26-13-6-10-19(16-26)23-25-24-21-12-3-4-14-27(21)23/h1-5,7-9,11-12,14,19H,6,10,13,15-16H2/t19-/m0/s1. The van der Waals surface area contributed by atoms with Gasteiger partial charge in [0.25, 0.3) is 0 Å². The zero-order valence-corrected chi connectivity index (χ0v) is 15.7. The third-order valence-electron chi connectivity index (χ3n) is 5.70. The number of nitrogens with zero attached hydrogens (tertiary/aromatic N) is 4. The maximum Gasteiger partial charge on any atom is 0.227 e. The minimum atomic E-state index is 0.190. The van der Waals surface area contributed by atoms with Gasteiger partial charge in [0.1, 0.15) is 5.82 Å². The van der Waals surface area contributed by atoms with Crippen LogP contribution in [-0.2, 0) is 11.2 Å². The number of hydrogen-bond donors (Lipinski definition) is 0. The second-order valence-electron chi connectivity index (χ2n) is 7.48. The Morgan fingerprint density at radius 3 is 2.82 bits per heavy atom. The summed E-state index contributed by atoms with van der Waals surface area (Å²) in [6.45, 7) is 1.52. The van der Waals surface area contributed by atoms with Gasteiger partial charge >= 0.3 is 0 Å². The van der Waals surface area contributed by atoms with Crippen LogP contribution in [0.15, 0.2) is 66.9 Å². The van der Waals surface area contributed by atoms with E-state index in [-0.39, 0.29) is 11.8 Å². The van der Waals surface area contributed by atoms with Crippen molar-refractivity contribution in [3.63, 3.8) is 0 Å². The third-order valence-corrected chi connectivity index (χ3v) is 5.70. The Morgan fingerprint density at radius 1 is 1.00 bits per heavy atom. The van der Waals surface area contributed by atoms with Gasteiger partial charge in [-0.15, -0.1) is 10.2 Å². The van der Waals surface area contributed by atoms with Gasteiger partial charge in [0.15, 0.2) is 5.65 Å². The molecule has 1 aliphatic heterocycles. The normalized spacial score (nSPS) is 17.3. The van der Waals surface area contributed by atoms with Gasteiger partial charge in [-0.25, -0.2) is 0 Å². The first kappa shape index (κ1) is 16.9. The van der Waals surface area contributed by atoms with Gasteiger partial charge in [-0.05, 0) is 41.3 Å². The molecule has 0 saturated carbocycles. The Bertz CT molecular complexity index is 1140. The molecule has 2 aromatic heterocycles. The molecule has 4 aromatic rings. The first-order valence-corrected chi connectivity index (χ1v) is 9.84. The number of rotatable bonds is 3. The van der Waals surface area contributed by atoms with E-state index in [0.29, 0.717) is 13.0 Å². The van der Waals surface area contributed by atoms with Crippen molar-refractivity contribution in [1.29, 1.82) is 0 Å². The largest absolute Gasteiger partial charge is 0.342 e. The molecule has 2 aromatic carbocycles. The summed E-state index contributed by atoms with van der Waals surface area (Å²) in [5.74, 6) is 1.37. The number of pyridine rings is 1. The predicted molar refractivity (Wildman–Crippen MR) is 109 cm³/mol. The molecule has 0 unspecified atom stereocenters. The number of amides is 1. The molecular weight excluding hydrogens is 348 g/mol. The summed E-state index contributed by atoms with van der Waals surface area (Å²) in [5.41, 5.74) is 1.95. The van der Waals surface area contributed by atoms with Gasteiger partial charge in [0.05, 0.1) is 6.42 Å². The summed E-state index contributed by atoms with van der Waals surface area (Å²) >= 11 is 0. The van der Waals surface area contributed by atoms with Crippen molar-refractivity contribution in [3.05, 3.63) is 78.2 Å². The molecule has 1 saturated heterocycles. The maximum atomic E-state index is 13.1. The van der Waals surface area contributed by atoms with Gasteiger partial charge in [-0.2, -0.15) is 0 Å². The van der Waals surface area contributed by atoms with Crippen LogP contribution < -0.4 is 0 Å². The Kier molecular flexibility index (Phi) is 4.28. The summed E-state index contributed by atoms with van der Waals surface area (Å²) in [4.78, 5) is 15.1. The van der Waals surface area contributed by atoms with Crippen molar-refractivity contribution in [1.82, 2.24) is 19.5 Å². The molecule has 1 atom stereocenters. The van der Waals surface area contributed by atoms with Crippen LogP contribution in [0.3, 0.4) is 0 Å². The number of aromatic nitrogens is 3. The van der Waals surface area contributed by atoms with E-state index >= 15 is 0 Å². The van der Waals surface area contributed by atoms with E-state index in [1.165, 1.54) is 5.39 Å². The fraction of sp³-hybridized carbons (Fsp3) is 0.261. The molecule has 1 aliphatic rings. The van der Waals surface area contributed by atoms with Crippen molar-refractivity contribution >= 4 is 22.3 Å². The molecule has 5 nitrogen and oxygen atoms in total. The minimum Gasteiger partial charge on any atom is -0.342 e. The highest BCUT2D eigenvalue weighted by Gasteiger charge is 2.28. The third kappa shape index (κ3) is 3.03. The minimum absolute atomic E-state index is 0.190. The monoisotopic (exact) mass is 370 g/mol. The number of likely N-dealkylation sites (tertiary alicyclic amines) is 1. The average Bonchev–Trinajstić information content (AvgIpc) is 3.18. The number of carbonyl (C=O) groups excluding carboxylic acids is 1. The van der Waals surface area contributed by atoms with E-state index in [1.807, 2.05) is 51.9 Å². The molecule has 0 aliphatic carbocycles. The first-order valence-electron chi connectivity index (χ1n) is 9.84. The van der Waals surface area contributed by atoms with Gasteiger partial charge in [-0.3, -0.25) is 9.20 Å². The van der Waals surface area contributed by atoms with Crippen molar-refractivity contribution in [3.8, 4) is 0 Å². The van der Waals surface area contributed by atoms with Crippen molar-refractivity contribution in [2.75, 3.05) is 13.1 Å². The maximum absolute atomic E-state index is 13.1. The molecule has 28 heavy (non-hydrogen) atoms. The highest BCUT2D eigenvalue weighted by Crippen LogP contribution is 2.27. The molecule has 0 spiro atoms. The molecule has 1 fully saturated rings. The number of fused-ring (bicyclic) bond motifs is 2. The number of benzene rings is 2. The summed E-state index contributed by atoms with van der Waals surface area (Å²) < 4.78 is 2.04. The lowest BCUT2D eigenvalue weighted by Crippen LogP contribution is -2.40. The van der Waals surface area contributed by atoms with Crippen LogP contribution in [0, 0.1) is 0 Å². The summed E-state index contributed by atoms with van der Waals surface area (Å²) in [6, 6.07) is 20.4. The van der Waals surface area contributed by atoms with Crippen LogP contribution in [0.2, 0.25) is 0 Å². The zero-order valence-electron chi connectivity index (χ0n) is 15.7. The fourth-order valence-electron chi connectivity index (χ4n) is 4.27. The Labute approximate surface area is 163 Å². The highest BCUT2D eigenvalue weighted by molar-refractivity contribution is 5.90. The predicted octanol–water partition coefficient (Wildman–Crippen LogP) is 3.83. The second kappa shape index (κ2) is 7.08. The lowest BCUT2D eigenvalue weighted by molar-refractivity contribution is -0.131. The fourth-order valence-corrected chi connectivity index (χ4v) is 4.27. The first-order chi connectivity index (χ1) is 13.8. The van der Waals surface area contributed by atoms with Crippen LogP contribution in [-0.4, -0.2) is 38.5 Å². The zero-order chi connectivity index (χ0) is 18.9. The van der Waals surface area contributed by atoms with Crippen LogP contribution in [0.5, 0.6) is 0 Å². The van der Waals surface area contributed by atoms with Crippen LogP contribution in [0.4, 0.5) is 0 Å². The molecule has 140 valence electrons. The SMILES string of the molecule is O=C(Cc1cccc2ccccc12)N1CCC[C@H](c2nnc3ccccn23)C1. The van der Waals surface area contributed by atoms with E-state index in [0.717, 1.165) is 41.8 Å². The van der Waals surface area contributed by atoms with Crippen molar-refractivity contribution in [2.45, 2.75) is 25.2 Å². The molecule has 0 bridgehead atoms. The van der Waals surface area contributed by atoms with E-state index in [2.05, 4.69) is 34.5 Å². The van der Waals surface area contributed by atoms with Crippen LogP contribution >= 0.6 is 0 Å². The van der Waals surface area contributed by atoms with Crippen LogP contribution in [0.1, 0.15) is 30.1 Å². The van der Waals surface area contributed by atoms with Crippen molar-refractivity contribution < 1.29 is 4.79 Å². The van der Waals surface area contributed by atoms with Crippen molar-refractivity contribution in [2.24, 2.45) is 0 Å².